The Morgan fingerprint density at radius 3 is 2.48 bits per heavy atom. The number of aliphatic imine (C=N–C) groups is 1. The third-order valence-electron chi connectivity index (χ3n) is 6.28. The van der Waals surface area contributed by atoms with Crippen LogP contribution in [0.25, 0.3) is 0 Å². The Hall–Kier alpha value is -1.30. The molecule has 2 N–H and O–H groups in total. The molecule has 1 amide bonds. The van der Waals surface area contributed by atoms with E-state index in [0.717, 1.165) is 56.7 Å². The number of likely N-dealkylation sites (tertiary alicyclic amines) is 1. The average Bonchev–Trinajstić information content (AvgIpc) is 3.12. The number of hydrogen-bond acceptors (Lipinski definition) is 3. The fourth-order valence-electron chi connectivity index (χ4n) is 4.48. The van der Waals surface area contributed by atoms with Gasteiger partial charge in [-0.05, 0) is 63.3 Å². The van der Waals surface area contributed by atoms with Crippen LogP contribution in [-0.2, 0) is 4.79 Å². The lowest BCUT2D eigenvalue weighted by Crippen LogP contribution is -2.46. The molecule has 2 aliphatic rings. The normalized spacial score (nSPS) is 27.0. The molecule has 0 bridgehead atoms. The van der Waals surface area contributed by atoms with Gasteiger partial charge in [-0.3, -0.25) is 14.7 Å². The summed E-state index contributed by atoms with van der Waals surface area (Å²) in [6, 6.07) is 0.625. The van der Waals surface area contributed by atoms with Crippen LogP contribution in [0.3, 0.4) is 0 Å². The van der Waals surface area contributed by atoms with Crippen LogP contribution in [0.5, 0.6) is 0 Å². The summed E-state index contributed by atoms with van der Waals surface area (Å²) < 4.78 is 0. The lowest BCUT2D eigenvalue weighted by molar-refractivity contribution is -0.133. The minimum Gasteiger partial charge on any atom is -0.356 e. The molecule has 6 heteroatoms. The Kier molecular flexibility index (Phi) is 8.87. The number of nitrogens with zero attached hydrogens (tertiary/aromatic N) is 3. The molecule has 0 radical (unpaired) electrons. The molecule has 0 aromatic heterocycles. The zero-order valence-electron chi connectivity index (χ0n) is 18.1. The molecule has 1 atom stereocenters. The number of hydrogen-bond donors (Lipinski definition) is 2. The lowest BCUT2D eigenvalue weighted by Gasteiger charge is -2.32. The summed E-state index contributed by atoms with van der Waals surface area (Å²) in [6.45, 7) is 7.58. The molecule has 6 nitrogen and oxygen atoms in total. The molecule has 1 heterocycles. The van der Waals surface area contributed by atoms with Crippen molar-refractivity contribution in [2.45, 2.75) is 70.9 Å². The Labute approximate surface area is 166 Å². The zero-order valence-corrected chi connectivity index (χ0v) is 18.1. The highest BCUT2D eigenvalue weighted by molar-refractivity contribution is 5.81. The second kappa shape index (κ2) is 10.9. The average molecular weight is 380 g/mol. The minimum absolute atomic E-state index is 0.0774. The molecular weight excluding hydrogens is 338 g/mol. The molecule has 156 valence electrons. The first-order valence-electron chi connectivity index (χ1n) is 10.8. The second-order valence-electron chi connectivity index (χ2n) is 8.78. The maximum atomic E-state index is 12.3. The van der Waals surface area contributed by atoms with E-state index in [4.69, 9.17) is 0 Å². The first-order valence-corrected chi connectivity index (χ1v) is 10.8. The molecule has 1 saturated heterocycles. The predicted octanol–water partition coefficient (Wildman–Crippen LogP) is 2.31. The summed E-state index contributed by atoms with van der Waals surface area (Å²) in [5, 5.41) is 7.06. The van der Waals surface area contributed by atoms with E-state index in [-0.39, 0.29) is 11.9 Å². The van der Waals surface area contributed by atoms with Gasteiger partial charge in [-0.15, -0.1) is 0 Å². The molecule has 1 unspecified atom stereocenters. The highest BCUT2D eigenvalue weighted by Crippen LogP contribution is 2.29. The van der Waals surface area contributed by atoms with Crippen molar-refractivity contribution in [2.24, 2.45) is 16.8 Å². The number of likely N-dealkylation sites (N-methyl/N-ethyl adjacent to an activating group) is 1. The van der Waals surface area contributed by atoms with Crippen LogP contribution < -0.4 is 10.6 Å². The largest absolute Gasteiger partial charge is 0.356 e. The number of amides is 1. The molecule has 1 aliphatic carbocycles. The number of carbonyl (C=O) groups is 1. The van der Waals surface area contributed by atoms with Gasteiger partial charge in [0.1, 0.15) is 0 Å². The van der Waals surface area contributed by atoms with Crippen LogP contribution >= 0.6 is 0 Å². The van der Waals surface area contributed by atoms with Crippen molar-refractivity contribution in [3.63, 3.8) is 0 Å². The van der Waals surface area contributed by atoms with E-state index >= 15 is 0 Å². The van der Waals surface area contributed by atoms with Crippen molar-refractivity contribution in [3.8, 4) is 0 Å². The molecule has 2 fully saturated rings. The quantitative estimate of drug-likeness (QED) is 0.405. The summed E-state index contributed by atoms with van der Waals surface area (Å²) >= 11 is 0. The molecule has 0 aromatic rings. The van der Waals surface area contributed by atoms with E-state index in [0.29, 0.717) is 6.04 Å². The van der Waals surface area contributed by atoms with E-state index in [1.165, 1.54) is 25.7 Å². The summed E-state index contributed by atoms with van der Waals surface area (Å²) in [7, 11) is 5.55. The SMILES string of the molecule is CN=C(NCCCN1CCCC1C(=O)N(C)C)NC1CCC(C(C)C)CC1. The molecule has 1 aliphatic heterocycles. The molecule has 1 saturated carbocycles. The van der Waals surface area contributed by atoms with Gasteiger partial charge in [-0.25, -0.2) is 0 Å². The maximum Gasteiger partial charge on any atom is 0.239 e. The van der Waals surface area contributed by atoms with Crippen molar-refractivity contribution in [2.75, 3.05) is 40.8 Å². The van der Waals surface area contributed by atoms with Gasteiger partial charge in [0.05, 0.1) is 6.04 Å². The zero-order chi connectivity index (χ0) is 19.8. The van der Waals surface area contributed by atoms with Gasteiger partial charge in [-0.2, -0.15) is 0 Å². The Morgan fingerprint density at radius 2 is 1.89 bits per heavy atom. The Morgan fingerprint density at radius 1 is 1.19 bits per heavy atom. The second-order valence-corrected chi connectivity index (χ2v) is 8.78. The standard InChI is InChI=1S/C21H41N5O/c1-16(2)17-9-11-18(12-10-17)24-21(22-3)23-13-7-15-26-14-6-8-19(26)20(27)25(4)5/h16-19H,6-15H2,1-5H3,(H2,22,23,24). The van der Waals surface area contributed by atoms with E-state index in [9.17, 15) is 4.79 Å². The highest BCUT2D eigenvalue weighted by Gasteiger charge is 2.31. The van der Waals surface area contributed by atoms with Crippen LogP contribution in [0.4, 0.5) is 0 Å². The Balaban J connectivity index is 1.66. The van der Waals surface area contributed by atoms with Gasteiger partial charge in [0, 0.05) is 40.3 Å². The lowest BCUT2D eigenvalue weighted by atomic mass is 9.80. The van der Waals surface area contributed by atoms with Crippen LogP contribution in [0, 0.1) is 11.8 Å². The summed E-state index contributed by atoms with van der Waals surface area (Å²) in [6.07, 6.45) is 8.27. The number of nitrogens with one attached hydrogen (secondary N) is 2. The predicted molar refractivity (Wildman–Crippen MR) is 113 cm³/mol. The first kappa shape index (κ1) is 22.0. The van der Waals surface area contributed by atoms with Crippen LogP contribution in [0.15, 0.2) is 4.99 Å². The van der Waals surface area contributed by atoms with E-state index in [1.54, 1.807) is 4.90 Å². The van der Waals surface area contributed by atoms with Crippen molar-refractivity contribution in [1.82, 2.24) is 20.4 Å². The van der Waals surface area contributed by atoms with Crippen molar-refractivity contribution in [3.05, 3.63) is 0 Å². The monoisotopic (exact) mass is 379 g/mol. The molecule has 0 spiro atoms. The van der Waals surface area contributed by atoms with Gasteiger partial charge in [0.15, 0.2) is 5.96 Å². The molecule has 0 aromatic carbocycles. The topological polar surface area (TPSA) is 60.0 Å². The summed E-state index contributed by atoms with van der Waals surface area (Å²) in [5.74, 6) is 2.86. The van der Waals surface area contributed by atoms with Crippen LogP contribution in [0.2, 0.25) is 0 Å². The van der Waals surface area contributed by atoms with Crippen molar-refractivity contribution < 1.29 is 4.79 Å². The first-order chi connectivity index (χ1) is 12.9. The molecule has 2 rings (SSSR count). The van der Waals surface area contributed by atoms with Gasteiger partial charge in [-0.1, -0.05) is 13.8 Å². The molecular formula is C21H41N5O. The number of guanidine groups is 1. The Bertz CT molecular complexity index is 483. The number of carbonyl (C=O) groups excluding carboxylic acids is 1. The smallest absolute Gasteiger partial charge is 0.239 e. The van der Waals surface area contributed by atoms with Gasteiger partial charge in [0.25, 0.3) is 0 Å². The van der Waals surface area contributed by atoms with Crippen molar-refractivity contribution >= 4 is 11.9 Å². The van der Waals surface area contributed by atoms with Gasteiger partial charge < -0.3 is 15.5 Å². The van der Waals surface area contributed by atoms with E-state index in [2.05, 4.69) is 34.4 Å². The maximum absolute atomic E-state index is 12.3. The van der Waals surface area contributed by atoms with Gasteiger partial charge >= 0.3 is 0 Å². The summed E-state index contributed by atoms with van der Waals surface area (Å²) in [4.78, 5) is 20.7. The van der Waals surface area contributed by atoms with Crippen molar-refractivity contribution in [1.29, 1.82) is 0 Å². The van der Waals surface area contributed by atoms with E-state index < -0.39 is 0 Å². The third kappa shape index (κ3) is 6.66. The third-order valence-corrected chi connectivity index (χ3v) is 6.28. The summed E-state index contributed by atoms with van der Waals surface area (Å²) in [5.41, 5.74) is 0. The highest BCUT2D eigenvalue weighted by atomic mass is 16.2. The fourth-order valence-corrected chi connectivity index (χ4v) is 4.48. The fraction of sp³-hybridized carbons (Fsp3) is 0.905. The van der Waals surface area contributed by atoms with Crippen LogP contribution in [-0.4, -0.2) is 74.5 Å². The minimum atomic E-state index is 0.0774. The van der Waals surface area contributed by atoms with E-state index in [1.807, 2.05) is 21.1 Å². The molecule has 27 heavy (non-hydrogen) atoms. The van der Waals surface area contributed by atoms with Gasteiger partial charge in [0.2, 0.25) is 5.91 Å². The number of rotatable bonds is 7. The van der Waals surface area contributed by atoms with Crippen LogP contribution in [0.1, 0.15) is 58.8 Å².